The Balaban J connectivity index is 1.98. The zero-order valence-corrected chi connectivity index (χ0v) is 17.9. The molecule has 2 aromatic rings. The molecule has 154 valence electrons. The number of pyridine rings is 1. The average molecular weight is 395 g/mol. The maximum Gasteiger partial charge on any atom is 0.232 e. The molecule has 1 aromatic carbocycles. The monoisotopic (exact) mass is 394 g/mol. The van der Waals surface area contributed by atoms with Crippen molar-refractivity contribution in [3.63, 3.8) is 0 Å². The second kappa shape index (κ2) is 8.78. The molecule has 5 heteroatoms. The van der Waals surface area contributed by atoms with Crippen molar-refractivity contribution < 1.29 is 14.6 Å². The third kappa shape index (κ3) is 4.85. The average Bonchev–Trinajstić information content (AvgIpc) is 2.95. The van der Waals surface area contributed by atoms with Gasteiger partial charge in [0.15, 0.2) is 5.76 Å². The predicted octanol–water partition coefficient (Wildman–Crippen LogP) is 4.83. The maximum absolute atomic E-state index is 13.0. The number of rotatable bonds is 7. The van der Waals surface area contributed by atoms with Gasteiger partial charge in [0.2, 0.25) is 5.78 Å². The molecule has 0 bridgehead atoms. The number of fused-ring (bicyclic) bond motifs is 1. The number of phenols is 1. The van der Waals surface area contributed by atoms with Crippen LogP contribution >= 0.6 is 0 Å². The molecule has 0 radical (unpaired) electrons. The van der Waals surface area contributed by atoms with Crippen molar-refractivity contribution in [2.75, 3.05) is 13.1 Å². The van der Waals surface area contributed by atoms with Crippen LogP contribution in [0, 0.1) is 18.8 Å². The molecular weight excluding hydrogens is 364 g/mol. The number of aryl methyl sites for hydroxylation is 1. The van der Waals surface area contributed by atoms with Crippen LogP contribution in [0.2, 0.25) is 0 Å². The molecule has 0 unspecified atom stereocenters. The summed E-state index contributed by atoms with van der Waals surface area (Å²) in [6.45, 7) is 12.9. The number of hydrogen-bond acceptors (Lipinski definition) is 5. The lowest BCUT2D eigenvalue weighted by molar-refractivity contribution is 0.101. The van der Waals surface area contributed by atoms with Gasteiger partial charge in [0.1, 0.15) is 11.5 Å². The topological polar surface area (TPSA) is 62.7 Å². The molecule has 2 heterocycles. The van der Waals surface area contributed by atoms with E-state index in [4.69, 9.17) is 4.74 Å². The first-order valence-electron chi connectivity index (χ1n) is 10.2. The van der Waals surface area contributed by atoms with Gasteiger partial charge in [-0.2, -0.15) is 0 Å². The summed E-state index contributed by atoms with van der Waals surface area (Å²) < 4.78 is 6.03. The van der Waals surface area contributed by atoms with Gasteiger partial charge in [0.25, 0.3) is 0 Å². The van der Waals surface area contributed by atoms with E-state index in [9.17, 15) is 9.90 Å². The molecule has 0 saturated heterocycles. The summed E-state index contributed by atoms with van der Waals surface area (Å²) in [6, 6.07) is 5.32. The van der Waals surface area contributed by atoms with Crippen molar-refractivity contribution in [3.05, 3.63) is 58.6 Å². The minimum Gasteiger partial charge on any atom is -0.507 e. The van der Waals surface area contributed by atoms with E-state index in [1.165, 1.54) is 0 Å². The van der Waals surface area contributed by atoms with E-state index in [-0.39, 0.29) is 17.3 Å². The molecule has 0 spiro atoms. The second-order valence-electron chi connectivity index (χ2n) is 8.60. The lowest BCUT2D eigenvalue weighted by Gasteiger charge is -2.27. The summed E-state index contributed by atoms with van der Waals surface area (Å²) in [5.74, 6) is 1.80. The van der Waals surface area contributed by atoms with Gasteiger partial charge in [-0.15, -0.1) is 0 Å². The third-order valence-corrected chi connectivity index (χ3v) is 4.85. The number of nitrogens with zero attached hydrogens (tertiary/aromatic N) is 2. The number of hydrogen-bond donors (Lipinski definition) is 1. The minimum absolute atomic E-state index is 0.144. The van der Waals surface area contributed by atoms with Crippen LogP contribution in [0.3, 0.4) is 0 Å². The van der Waals surface area contributed by atoms with Gasteiger partial charge in [-0.3, -0.25) is 14.7 Å². The molecule has 0 saturated carbocycles. The van der Waals surface area contributed by atoms with Gasteiger partial charge in [-0.05, 0) is 54.2 Å². The van der Waals surface area contributed by atoms with Crippen LogP contribution in [-0.4, -0.2) is 33.9 Å². The number of aromatic nitrogens is 1. The van der Waals surface area contributed by atoms with Crippen LogP contribution in [0.4, 0.5) is 0 Å². The Morgan fingerprint density at radius 1 is 1.14 bits per heavy atom. The first kappa shape index (κ1) is 21.1. The van der Waals surface area contributed by atoms with E-state index in [0.29, 0.717) is 35.3 Å². The Hall–Kier alpha value is -2.66. The molecule has 0 fully saturated rings. The zero-order valence-electron chi connectivity index (χ0n) is 17.9. The lowest BCUT2D eigenvalue weighted by Crippen LogP contribution is -2.31. The smallest absolute Gasteiger partial charge is 0.232 e. The largest absolute Gasteiger partial charge is 0.507 e. The van der Waals surface area contributed by atoms with Crippen molar-refractivity contribution in [2.45, 2.75) is 41.2 Å². The number of ether oxygens (including phenoxy) is 1. The van der Waals surface area contributed by atoms with Crippen LogP contribution in [0.25, 0.3) is 6.08 Å². The van der Waals surface area contributed by atoms with Gasteiger partial charge >= 0.3 is 0 Å². The molecular formula is C24H30N2O3. The van der Waals surface area contributed by atoms with Crippen molar-refractivity contribution in [1.82, 2.24) is 9.88 Å². The molecule has 1 N–H and O–H groups in total. The molecule has 5 nitrogen and oxygen atoms in total. The van der Waals surface area contributed by atoms with E-state index in [2.05, 4.69) is 37.6 Å². The van der Waals surface area contributed by atoms with Crippen LogP contribution in [0.5, 0.6) is 11.5 Å². The normalized spacial score (nSPS) is 14.9. The molecule has 3 rings (SSSR count). The minimum atomic E-state index is -0.144. The van der Waals surface area contributed by atoms with E-state index in [1.54, 1.807) is 24.5 Å². The van der Waals surface area contributed by atoms with Gasteiger partial charge < -0.3 is 9.84 Å². The number of phenolic OH excluding ortho intramolecular Hbond substituents is 1. The first-order chi connectivity index (χ1) is 13.8. The molecule has 1 aromatic heterocycles. The van der Waals surface area contributed by atoms with E-state index in [1.807, 2.05) is 19.1 Å². The van der Waals surface area contributed by atoms with E-state index in [0.717, 1.165) is 24.2 Å². The Morgan fingerprint density at radius 3 is 2.34 bits per heavy atom. The fraction of sp³-hybridized carbons (Fsp3) is 0.417. The van der Waals surface area contributed by atoms with Crippen LogP contribution < -0.4 is 4.74 Å². The molecule has 1 aliphatic heterocycles. The number of benzene rings is 1. The summed E-state index contributed by atoms with van der Waals surface area (Å²) in [7, 11) is 0. The highest BCUT2D eigenvalue weighted by Gasteiger charge is 2.33. The summed E-state index contributed by atoms with van der Waals surface area (Å²) >= 11 is 0. The van der Waals surface area contributed by atoms with Crippen molar-refractivity contribution in [3.8, 4) is 11.5 Å². The Labute approximate surface area is 173 Å². The summed E-state index contributed by atoms with van der Waals surface area (Å²) in [5.41, 5.74) is 2.80. The predicted molar refractivity (Wildman–Crippen MR) is 115 cm³/mol. The lowest BCUT2D eigenvalue weighted by atomic mass is 9.98. The number of Topliss-reactive ketones (excluding diaryl/α,β-unsaturated/α-hetero) is 1. The Morgan fingerprint density at radius 2 is 1.76 bits per heavy atom. The van der Waals surface area contributed by atoms with Crippen LogP contribution in [0.15, 0.2) is 36.4 Å². The Bertz CT molecular complexity index is 907. The van der Waals surface area contributed by atoms with Crippen molar-refractivity contribution >= 4 is 11.9 Å². The molecule has 29 heavy (non-hydrogen) atoms. The molecule has 0 amide bonds. The molecule has 1 aliphatic rings. The van der Waals surface area contributed by atoms with E-state index >= 15 is 0 Å². The summed E-state index contributed by atoms with van der Waals surface area (Å²) in [6.07, 6.45) is 5.08. The molecule has 0 aliphatic carbocycles. The number of allylic oxidation sites excluding steroid dienone is 1. The fourth-order valence-corrected chi connectivity index (χ4v) is 3.80. The van der Waals surface area contributed by atoms with Crippen molar-refractivity contribution in [2.24, 2.45) is 11.8 Å². The standard InChI is InChI=1S/C24H30N2O3/c1-15(2)12-26(13-16(3)4)14-19-20(27)10-17(5)22-23(28)21(29-24(19)22)11-18-6-8-25-9-7-18/h6-11,15-16,27H,12-14H2,1-5H3/b21-11+. The fourth-order valence-electron chi connectivity index (χ4n) is 3.80. The van der Waals surface area contributed by atoms with Gasteiger partial charge in [-0.25, -0.2) is 0 Å². The van der Waals surface area contributed by atoms with Crippen molar-refractivity contribution in [1.29, 1.82) is 0 Å². The summed E-state index contributed by atoms with van der Waals surface area (Å²) in [4.78, 5) is 19.3. The zero-order chi connectivity index (χ0) is 21.1. The number of carbonyl (C=O) groups is 1. The van der Waals surface area contributed by atoms with Crippen LogP contribution in [0.1, 0.15) is 54.7 Å². The first-order valence-corrected chi connectivity index (χ1v) is 10.2. The Kier molecular flexibility index (Phi) is 6.38. The number of aromatic hydroxyl groups is 1. The van der Waals surface area contributed by atoms with Gasteiger partial charge in [0.05, 0.1) is 11.1 Å². The highest BCUT2D eigenvalue weighted by molar-refractivity contribution is 6.15. The van der Waals surface area contributed by atoms with Gasteiger partial charge in [-0.1, -0.05) is 27.7 Å². The van der Waals surface area contributed by atoms with E-state index < -0.39 is 0 Å². The van der Waals surface area contributed by atoms with Gasteiger partial charge in [0, 0.05) is 32.0 Å². The van der Waals surface area contributed by atoms with Crippen LogP contribution in [-0.2, 0) is 6.54 Å². The maximum atomic E-state index is 13.0. The summed E-state index contributed by atoms with van der Waals surface area (Å²) in [5, 5.41) is 10.7. The SMILES string of the molecule is Cc1cc(O)c(CN(CC(C)C)CC(C)C)c2c1C(=O)/C(=C\c1ccncc1)O2. The second-order valence-corrected chi connectivity index (χ2v) is 8.60. The number of ketones is 1. The quantitative estimate of drug-likeness (QED) is 0.682. The molecule has 0 atom stereocenters. The third-order valence-electron chi connectivity index (χ3n) is 4.85. The highest BCUT2D eigenvalue weighted by Crippen LogP contribution is 2.42. The highest BCUT2D eigenvalue weighted by atomic mass is 16.5. The number of carbonyl (C=O) groups excluding carboxylic acids is 1.